The molecular weight excluding hydrogens is 370 g/mol. The summed E-state index contributed by atoms with van der Waals surface area (Å²) in [7, 11) is 1.83. The number of carboxylic acids is 1. The number of likely N-dealkylation sites (N-methyl/N-ethyl adjacent to an activating group) is 1. The summed E-state index contributed by atoms with van der Waals surface area (Å²) in [5.74, 6) is -0.972. The van der Waals surface area contributed by atoms with E-state index >= 15 is 0 Å². The summed E-state index contributed by atoms with van der Waals surface area (Å²) < 4.78 is 0. The van der Waals surface area contributed by atoms with E-state index in [2.05, 4.69) is 10.2 Å². The van der Waals surface area contributed by atoms with Crippen LogP contribution in [-0.2, 0) is 9.59 Å². The summed E-state index contributed by atoms with van der Waals surface area (Å²) in [6.07, 6.45) is 1.67. The van der Waals surface area contributed by atoms with E-state index in [9.17, 15) is 14.4 Å². The van der Waals surface area contributed by atoms with Crippen LogP contribution >= 0.6 is 12.4 Å². The summed E-state index contributed by atoms with van der Waals surface area (Å²) in [4.78, 5) is 38.8. The number of carbonyl (C=O) groups excluding carboxylic acids is 2. The molecule has 0 radical (unpaired) electrons. The monoisotopic (exact) mass is 397 g/mol. The number of hydrogen-bond donors (Lipinski definition) is 2. The van der Waals surface area contributed by atoms with Crippen LogP contribution < -0.4 is 5.32 Å². The van der Waals surface area contributed by atoms with Crippen molar-refractivity contribution < 1.29 is 19.5 Å². The Kier molecular flexibility index (Phi) is 8.88. The molecule has 1 aromatic rings. The number of carbonyl (C=O) groups is 3. The van der Waals surface area contributed by atoms with Gasteiger partial charge in [0, 0.05) is 30.4 Å². The van der Waals surface area contributed by atoms with Gasteiger partial charge in [-0.1, -0.05) is 12.1 Å². The first-order valence-electron chi connectivity index (χ1n) is 8.86. The van der Waals surface area contributed by atoms with Gasteiger partial charge in [-0.15, -0.1) is 12.4 Å². The molecule has 1 heterocycles. The van der Waals surface area contributed by atoms with Crippen LogP contribution in [0.3, 0.4) is 0 Å². The topological polar surface area (TPSA) is 90.0 Å². The Morgan fingerprint density at radius 1 is 1.30 bits per heavy atom. The molecule has 0 saturated carbocycles. The summed E-state index contributed by atoms with van der Waals surface area (Å²) >= 11 is 0. The van der Waals surface area contributed by atoms with Crippen molar-refractivity contribution in [3.8, 4) is 0 Å². The third-order valence-electron chi connectivity index (χ3n) is 4.97. The highest BCUT2D eigenvalue weighted by Crippen LogP contribution is 2.18. The zero-order chi connectivity index (χ0) is 19.3. The maximum atomic E-state index is 12.5. The first-order valence-corrected chi connectivity index (χ1v) is 8.86. The predicted octanol–water partition coefficient (Wildman–Crippen LogP) is 2.12. The van der Waals surface area contributed by atoms with Gasteiger partial charge in [-0.25, -0.2) is 0 Å². The van der Waals surface area contributed by atoms with Gasteiger partial charge in [0.05, 0.1) is 12.6 Å². The number of halogens is 1. The normalized spacial score (nSPS) is 16.4. The quantitative estimate of drug-likeness (QED) is 0.685. The summed E-state index contributed by atoms with van der Waals surface area (Å²) in [6, 6.07) is 6.86. The van der Waals surface area contributed by atoms with Crippen LogP contribution in [0.1, 0.15) is 37.0 Å². The number of Topliss-reactive ketones (excluding diaryl/α,β-unsaturated/α-hetero) is 1. The maximum Gasteiger partial charge on any atom is 0.317 e. The number of ketones is 1. The van der Waals surface area contributed by atoms with E-state index in [-0.39, 0.29) is 42.7 Å². The minimum absolute atomic E-state index is 0. The van der Waals surface area contributed by atoms with Crippen LogP contribution in [0.5, 0.6) is 0 Å². The summed E-state index contributed by atoms with van der Waals surface area (Å²) in [5.41, 5.74) is 1.18. The number of rotatable bonds is 7. The Hall–Kier alpha value is -1.96. The van der Waals surface area contributed by atoms with Crippen LogP contribution in [-0.4, -0.2) is 71.3 Å². The molecule has 2 rings (SSSR count). The van der Waals surface area contributed by atoms with Gasteiger partial charge >= 0.3 is 5.97 Å². The molecule has 1 saturated heterocycles. The zero-order valence-corrected chi connectivity index (χ0v) is 16.8. The Balaban J connectivity index is 0.00000364. The second-order valence-corrected chi connectivity index (χ2v) is 6.88. The van der Waals surface area contributed by atoms with Crippen molar-refractivity contribution in [3.63, 3.8) is 0 Å². The molecule has 150 valence electrons. The van der Waals surface area contributed by atoms with E-state index in [4.69, 9.17) is 5.11 Å². The molecular formula is C19H28ClN3O4. The second kappa shape index (κ2) is 10.4. The molecule has 1 unspecified atom stereocenters. The van der Waals surface area contributed by atoms with E-state index in [1.807, 2.05) is 18.9 Å². The predicted molar refractivity (Wildman–Crippen MR) is 107 cm³/mol. The standard InChI is InChI=1S/C19H27N3O4.ClH/c1-13(19(26)20-16-6-4-5-15(11-16)14(2)23)22-9-7-17(8-10-22)21(3)12-18(24)25;/h4-6,11,13,17H,7-10,12H2,1-3H3,(H,20,26)(H,24,25);1H. The molecule has 27 heavy (non-hydrogen) atoms. The van der Waals surface area contributed by atoms with Gasteiger partial charge in [-0.05, 0) is 45.9 Å². The van der Waals surface area contributed by atoms with Crippen molar-refractivity contribution in [3.05, 3.63) is 29.8 Å². The number of nitrogens with one attached hydrogen (secondary N) is 1. The zero-order valence-electron chi connectivity index (χ0n) is 16.0. The number of likely N-dealkylation sites (tertiary alicyclic amines) is 1. The first kappa shape index (κ1) is 23.1. The first-order chi connectivity index (χ1) is 12.3. The van der Waals surface area contributed by atoms with Crippen LogP contribution in [0.25, 0.3) is 0 Å². The number of nitrogens with zero attached hydrogens (tertiary/aromatic N) is 2. The van der Waals surface area contributed by atoms with E-state index in [1.165, 1.54) is 6.92 Å². The van der Waals surface area contributed by atoms with Gasteiger partial charge in [-0.3, -0.25) is 24.2 Å². The van der Waals surface area contributed by atoms with Crippen LogP contribution in [0.15, 0.2) is 24.3 Å². The molecule has 0 bridgehead atoms. The highest BCUT2D eigenvalue weighted by molar-refractivity contribution is 5.98. The molecule has 1 atom stereocenters. The molecule has 1 aromatic carbocycles. The number of hydrogen-bond acceptors (Lipinski definition) is 5. The van der Waals surface area contributed by atoms with E-state index in [1.54, 1.807) is 24.3 Å². The number of benzene rings is 1. The van der Waals surface area contributed by atoms with Crippen LogP contribution in [0, 0.1) is 0 Å². The Bertz CT molecular complexity index is 675. The lowest BCUT2D eigenvalue weighted by atomic mass is 10.0. The van der Waals surface area contributed by atoms with Gasteiger partial charge in [0.15, 0.2) is 5.78 Å². The fraction of sp³-hybridized carbons (Fsp3) is 0.526. The van der Waals surface area contributed by atoms with Crippen LogP contribution in [0.4, 0.5) is 5.69 Å². The average molecular weight is 398 g/mol. The average Bonchev–Trinajstić information content (AvgIpc) is 2.60. The van der Waals surface area contributed by atoms with Gasteiger partial charge in [0.25, 0.3) is 0 Å². The van der Waals surface area contributed by atoms with Crippen molar-refractivity contribution in [1.82, 2.24) is 9.80 Å². The minimum Gasteiger partial charge on any atom is -0.480 e. The molecule has 2 N–H and O–H groups in total. The highest BCUT2D eigenvalue weighted by Gasteiger charge is 2.28. The minimum atomic E-state index is -0.824. The van der Waals surface area contributed by atoms with Crippen molar-refractivity contribution >= 4 is 35.8 Å². The molecule has 1 amide bonds. The lowest BCUT2D eigenvalue weighted by molar-refractivity contribution is -0.138. The third-order valence-corrected chi connectivity index (χ3v) is 4.97. The number of piperidine rings is 1. The van der Waals surface area contributed by atoms with Gasteiger partial charge in [-0.2, -0.15) is 0 Å². The summed E-state index contributed by atoms with van der Waals surface area (Å²) in [5, 5.41) is 11.8. The van der Waals surface area contributed by atoms with Crippen molar-refractivity contribution in [2.75, 3.05) is 32.0 Å². The number of amides is 1. The van der Waals surface area contributed by atoms with Gasteiger partial charge < -0.3 is 10.4 Å². The molecule has 0 aromatic heterocycles. The maximum absolute atomic E-state index is 12.5. The second-order valence-electron chi connectivity index (χ2n) is 6.88. The molecule has 8 heteroatoms. The summed E-state index contributed by atoms with van der Waals surface area (Å²) in [6.45, 7) is 4.89. The van der Waals surface area contributed by atoms with Gasteiger partial charge in [0.1, 0.15) is 0 Å². The van der Waals surface area contributed by atoms with E-state index in [0.29, 0.717) is 11.3 Å². The fourth-order valence-corrected chi connectivity index (χ4v) is 3.28. The number of carboxylic acid groups (broad SMARTS) is 1. The molecule has 0 spiro atoms. The van der Waals surface area contributed by atoms with Crippen molar-refractivity contribution in [2.45, 2.75) is 38.8 Å². The molecule has 7 nitrogen and oxygen atoms in total. The van der Waals surface area contributed by atoms with Crippen molar-refractivity contribution in [2.24, 2.45) is 0 Å². The number of anilines is 1. The lowest BCUT2D eigenvalue weighted by Crippen LogP contribution is -2.50. The molecule has 1 aliphatic rings. The lowest BCUT2D eigenvalue weighted by Gasteiger charge is -2.38. The SMILES string of the molecule is CC(=O)c1cccc(NC(=O)C(C)N2CCC(N(C)CC(=O)O)CC2)c1.Cl. The number of aliphatic carboxylic acids is 1. The van der Waals surface area contributed by atoms with E-state index < -0.39 is 5.97 Å². The Labute approximate surface area is 166 Å². The smallest absolute Gasteiger partial charge is 0.317 e. The molecule has 0 aliphatic carbocycles. The fourth-order valence-electron chi connectivity index (χ4n) is 3.28. The van der Waals surface area contributed by atoms with Gasteiger partial charge in [0.2, 0.25) is 5.91 Å². The Morgan fingerprint density at radius 3 is 2.48 bits per heavy atom. The largest absolute Gasteiger partial charge is 0.480 e. The van der Waals surface area contributed by atoms with Crippen molar-refractivity contribution in [1.29, 1.82) is 0 Å². The Morgan fingerprint density at radius 2 is 1.93 bits per heavy atom. The third kappa shape index (κ3) is 6.61. The van der Waals surface area contributed by atoms with Crippen LogP contribution in [0.2, 0.25) is 0 Å². The molecule has 1 fully saturated rings. The molecule has 1 aliphatic heterocycles. The van der Waals surface area contributed by atoms with E-state index in [0.717, 1.165) is 25.9 Å². The highest BCUT2D eigenvalue weighted by atomic mass is 35.5.